The van der Waals surface area contributed by atoms with Crippen molar-refractivity contribution in [2.45, 2.75) is 18.7 Å². The highest BCUT2D eigenvalue weighted by Gasteiger charge is 2.39. The van der Waals surface area contributed by atoms with Gasteiger partial charge in [-0.1, -0.05) is 36.4 Å². The number of nitrogens with one attached hydrogen (secondary N) is 1. The van der Waals surface area contributed by atoms with Gasteiger partial charge in [-0.25, -0.2) is 13.5 Å². The zero-order chi connectivity index (χ0) is 29.2. The minimum Gasteiger partial charge on any atom is -0.349 e. The van der Waals surface area contributed by atoms with Crippen LogP contribution in [0.15, 0.2) is 84.4 Å². The number of fused-ring (bicyclic) bond motifs is 1. The van der Waals surface area contributed by atoms with Crippen LogP contribution in [0.2, 0.25) is 0 Å². The van der Waals surface area contributed by atoms with Crippen LogP contribution in [0.1, 0.15) is 27.6 Å². The van der Waals surface area contributed by atoms with E-state index < -0.39 is 16.9 Å². The fourth-order valence-corrected chi connectivity index (χ4v) is 6.88. The molecule has 2 amide bonds. The second-order valence-electron chi connectivity index (χ2n) is 9.70. The molecule has 0 saturated heterocycles. The molecule has 0 fully saturated rings. The van der Waals surface area contributed by atoms with Crippen molar-refractivity contribution >= 4 is 40.7 Å². The molecular formula is C31H25F2N5O2S2. The highest BCUT2D eigenvalue weighted by atomic mass is 32.2. The maximum Gasteiger partial charge on any atom is 0.240 e. The quantitative estimate of drug-likeness (QED) is 0.245. The van der Waals surface area contributed by atoms with Crippen molar-refractivity contribution in [3.05, 3.63) is 118 Å². The van der Waals surface area contributed by atoms with Crippen molar-refractivity contribution in [3.63, 3.8) is 0 Å². The SMILES string of the molecule is Cc1ccccc1-n1nc(-c2cccs2)c2c1N(CC(=O)NCc1ccccn1)C(=O)CSC2c1ccc(F)cc1F. The molecule has 7 nitrogen and oxygen atoms in total. The van der Waals surface area contributed by atoms with E-state index in [4.69, 9.17) is 5.10 Å². The highest BCUT2D eigenvalue weighted by Crippen LogP contribution is 2.49. The van der Waals surface area contributed by atoms with Crippen LogP contribution in [-0.4, -0.2) is 38.9 Å². The van der Waals surface area contributed by atoms with E-state index in [1.807, 2.05) is 54.8 Å². The summed E-state index contributed by atoms with van der Waals surface area (Å²) >= 11 is 2.69. The molecule has 1 aliphatic heterocycles. The van der Waals surface area contributed by atoms with Gasteiger partial charge in [0.2, 0.25) is 11.8 Å². The summed E-state index contributed by atoms with van der Waals surface area (Å²) in [5, 5.41) is 9.07. The average molecular weight is 602 g/mol. The summed E-state index contributed by atoms with van der Waals surface area (Å²) in [6.07, 6.45) is 1.64. The third kappa shape index (κ3) is 5.45. The number of pyridine rings is 1. The van der Waals surface area contributed by atoms with Crippen molar-refractivity contribution in [3.8, 4) is 16.3 Å². The van der Waals surface area contributed by atoms with Crippen molar-refractivity contribution in [2.75, 3.05) is 17.2 Å². The number of benzene rings is 2. The molecule has 0 bridgehead atoms. The fraction of sp³-hybridized carbons (Fsp3) is 0.161. The summed E-state index contributed by atoms with van der Waals surface area (Å²) in [5.74, 6) is -1.76. The molecule has 0 spiro atoms. The van der Waals surface area contributed by atoms with Crippen LogP contribution in [0, 0.1) is 18.6 Å². The van der Waals surface area contributed by atoms with Crippen molar-refractivity contribution in [1.82, 2.24) is 20.1 Å². The first kappa shape index (κ1) is 27.8. The molecular weight excluding hydrogens is 577 g/mol. The number of hydrogen-bond acceptors (Lipinski definition) is 6. The molecule has 1 N–H and O–H groups in total. The Labute approximate surface area is 249 Å². The number of nitrogens with zero attached hydrogens (tertiary/aromatic N) is 4. The van der Waals surface area contributed by atoms with E-state index >= 15 is 4.39 Å². The summed E-state index contributed by atoms with van der Waals surface area (Å²) in [6, 6.07) is 20.3. The lowest BCUT2D eigenvalue weighted by Crippen LogP contribution is -2.42. The summed E-state index contributed by atoms with van der Waals surface area (Å²) in [5.41, 5.74) is 3.68. The van der Waals surface area contributed by atoms with Crippen molar-refractivity contribution < 1.29 is 18.4 Å². The van der Waals surface area contributed by atoms with Gasteiger partial charge in [-0.3, -0.25) is 19.5 Å². The predicted molar refractivity (Wildman–Crippen MR) is 161 cm³/mol. The van der Waals surface area contributed by atoms with Crippen molar-refractivity contribution in [2.24, 2.45) is 0 Å². The first-order valence-electron chi connectivity index (χ1n) is 13.2. The first-order valence-corrected chi connectivity index (χ1v) is 15.1. The maximum absolute atomic E-state index is 15.3. The number of rotatable bonds is 7. The molecule has 0 radical (unpaired) electrons. The second-order valence-corrected chi connectivity index (χ2v) is 11.7. The number of hydrogen-bond donors (Lipinski definition) is 1. The summed E-state index contributed by atoms with van der Waals surface area (Å²) in [4.78, 5) is 33.6. The number of para-hydroxylation sites is 1. The number of aromatic nitrogens is 3. The Kier molecular flexibility index (Phi) is 7.86. The smallest absolute Gasteiger partial charge is 0.240 e. The first-order chi connectivity index (χ1) is 20.4. The van der Waals surface area contributed by atoms with Crippen molar-refractivity contribution in [1.29, 1.82) is 0 Å². The van der Waals surface area contributed by atoms with Crippen LogP contribution >= 0.6 is 23.1 Å². The summed E-state index contributed by atoms with van der Waals surface area (Å²) < 4.78 is 31.0. The molecule has 0 aliphatic carbocycles. The van der Waals surface area contributed by atoms with Gasteiger partial charge in [0, 0.05) is 23.4 Å². The number of anilines is 1. The standard InChI is InChI=1S/C31H25F2N5O2S2/c1-19-7-2-3-9-24(19)38-31-28(29(36-38)25-10-6-14-41-25)30(22-12-11-20(32)15-23(22)33)42-18-27(40)37(31)17-26(39)35-16-21-8-4-5-13-34-21/h2-15,30H,16-18H2,1H3,(H,35,39). The van der Waals surface area contributed by atoms with Gasteiger partial charge < -0.3 is 5.32 Å². The van der Waals surface area contributed by atoms with Crippen LogP contribution in [-0.2, 0) is 16.1 Å². The molecule has 1 atom stereocenters. The molecule has 11 heteroatoms. The molecule has 3 aromatic heterocycles. The number of aryl methyl sites for hydroxylation is 1. The Morgan fingerprint density at radius 2 is 1.90 bits per heavy atom. The number of amides is 2. The van der Waals surface area contributed by atoms with Crippen LogP contribution in [0.25, 0.3) is 16.3 Å². The van der Waals surface area contributed by atoms with E-state index in [0.29, 0.717) is 28.5 Å². The van der Waals surface area contributed by atoms with Gasteiger partial charge in [-0.2, -0.15) is 5.10 Å². The lowest BCUT2D eigenvalue weighted by atomic mass is 10.0. The highest BCUT2D eigenvalue weighted by molar-refractivity contribution is 8.00. The minimum absolute atomic E-state index is 0.0265. The van der Waals surface area contributed by atoms with Gasteiger partial charge in [-0.05, 0) is 48.2 Å². The van der Waals surface area contributed by atoms with Gasteiger partial charge in [0.1, 0.15) is 29.7 Å². The van der Waals surface area contributed by atoms with Crippen LogP contribution in [0.4, 0.5) is 14.6 Å². The third-order valence-corrected chi connectivity index (χ3v) is 9.04. The Hall–Kier alpha value is -4.35. The molecule has 2 aromatic carbocycles. The molecule has 212 valence electrons. The normalized spacial score (nSPS) is 14.9. The molecule has 0 saturated carbocycles. The molecule has 4 heterocycles. The van der Waals surface area contributed by atoms with Crippen LogP contribution in [0.3, 0.4) is 0 Å². The Morgan fingerprint density at radius 1 is 1.07 bits per heavy atom. The Balaban J connectivity index is 1.53. The second kappa shape index (κ2) is 11.9. The molecule has 42 heavy (non-hydrogen) atoms. The van der Waals surface area contributed by atoms with Gasteiger partial charge >= 0.3 is 0 Å². The van der Waals surface area contributed by atoms with Gasteiger partial charge in [0.15, 0.2) is 0 Å². The molecule has 5 aromatic rings. The number of carbonyl (C=O) groups excluding carboxylic acids is 2. The third-order valence-electron chi connectivity index (χ3n) is 6.93. The summed E-state index contributed by atoms with van der Waals surface area (Å²) in [7, 11) is 0. The molecule has 1 aliphatic rings. The minimum atomic E-state index is -0.715. The van der Waals surface area contributed by atoms with E-state index in [2.05, 4.69) is 10.3 Å². The lowest BCUT2D eigenvalue weighted by molar-refractivity contribution is -0.123. The Morgan fingerprint density at radius 3 is 2.64 bits per heavy atom. The van der Waals surface area contributed by atoms with E-state index in [-0.39, 0.29) is 36.2 Å². The lowest BCUT2D eigenvalue weighted by Gasteiger charge is -2.23. The number of halogens is 2. The number of thioether (sulfide) groups is 1. The fourth-order valence-electron chi connectivity index (χ4n) is 4.93. The zero-order valence-electron chi connectivity index (χ0n) is 22.5. The van der Waals surface area contributed by atoms with Crippen LogP contribution < -0.4 is 10.2 Å². The van der Waals surface area contributed by atoms with E-state index in [0.717, 1.165) is 16.5 Å². The summed E-state index contributed by atoms with van der Waals surface area (Å²) in [6.45, 7) is 1.85. The largest absolute Gasteiger partial charge is 0.349 e. The average Bonchev–Trinajstić information content (AvgIpc) is 3.63. The van der Waals surface area contributed by atoms with Gasteiger partial charge in [0.25, 0.3) is 0 Å². The zero-order valence-corrected chi connectivity index (χ0v) is 24.1. The number of thiophene rings is 1. The van der Waals surface area contributed by atoms with Gasteiger partial charge in [0.05, 0.1) is 33.8 Å². The Bertz CT molecular complexity index is 1760. The predicted octanol–water partition coefficient (Wildman–Crippen LogP) is 6.07. The van der Waals surface area contributed by atoms with E-state index in [1.54, 1.807) is 23.0 Å². The topological polar surface area (TPSA) is 80.1 Å². The maximum atomic E-state index is 15.3. The molecule has 1 unspecified atom stereocenters. The van der Waals surface area contributed by atoms with Crippen LogP contribution in [0.5, 0.6) is 0 Å². The van der Waals surface area contributed by atoms with E-state index in [1.165, 1.54) is 40.1 Å². The monoisotopic (exact) mass is 601 g/mol. The molecule has 6 rings (SSSR count). The van der Waals surface area contributed by atoms with Gasteiger partial charge in [-0.15, -0.1) is 23.1 Å². The van der Waals surface area contributed by atoms with E-state index in [9.17, 15) is 14.0 Å². The number of carbonyl (C=O) groups is 2.